The van der Waals surface area contributed by atoms with E-state index < -0.39 is 12.0 Å². The van der Waals surface area contributed by atoms with E-state index in [2.05, 4.69) is 20.6 Å². The zero-order chi connectivity index (χ0) is 18.1. The van der Waals surface area contributed by atoms with Gasteiger partial charge in [0.05, 0.1) is 6.04 Å². The summed E-state index contributed by atoms with van der Waals surface area (Å²) in [5.41, 5.74) is 1.18. The highest BCUT2D eigenvalue weighted by atomic mass is 19.4. The molecule has 2 aromatic heterocycles. The summed E-state index contributed by atoms with van der Waals surface area (Å²) in [6.07, 6.45) is -0.0720. The van der Waals surface area contributed by atoms with Crippen LogP contribution in [0.5, 0.6) is 0 Å². The molecular formula is C18H18F3N5. The van der Waals surface area contributed by atoms with E-state index in [0.29, 0.717) is 11.7 Å². The summed E-state index contributed by atoms with van der Waals surface area (Å²) in [6.45, 7) is 0. The normalized spacial score (nSPS) is 16.9. The first-order chi connectivity index (χ1) is 12.5. The molecule has 1 aliphatic carbocycles. The predicted molar refractivity (Wildman–Crippen MR) is 90.5 cm³/mol. The molecule has 1 saturated carbocycles. The highest BCUT2D eigenvalue weighted by molar-refractivity contribution is 5.46. The molecule has 3 aromatic rings. The number of aromatic nitrogens is 4. The lowest BCUT2D eigenvalue weighted by Gasteiger charge is -2.25. The van der Waals surface area contributed by atoms with E-state index in [-0.39, 0.29) is 11.7 Å². The average Bonchev–Trinajstić information content (AvgIpc) is 3.29. The molecule has 2 heterocycles. The Hall–Kier alpha value is -2.64. The molecule has 1 atom stereocenters. The molecule has 26 heavy (non-hydrogen) atoms. The quantitative estimate of drug-likeness (QED) is 0.744. The van der Waals surface area contributed by atoms with Gasteiger partial charge in [0.25, 0.3) is 5.82 Å². The summed E-state index contributed by atoms with van der Waals surface area (Å²) in [4.78, 5) is 0. The van der Waals surface area contributed by atoms with Crippen molar-refractivity contribution in [3.8, 4) is 0 Å². The third-order valence-corrected chi connectivity index (χ3v) is 4.85. The fourth-order valence-electron chi connectivity index (χ4n) is 3.63. The predicted octanol–water partition coefficient (Wildman–Crippen LogP) is 4.49. The van der Waals surface area contributed by atoms with E-state index in [1.165, 1.54) is 18.9 Å². The van der Waals surface area contributed by atoms with Gasteiger partial charge < -0.3 is 5.32 Å². The number of fused-ring (bicyclic) bond motifs is 1. The fourth-order valence-corrected chi connectivity index (χ4v) is 3.63. The summed E-state index contributed by atoms with van der Waals surface area (Å²) >= 11 is 0. The SMILES string of the molecule is FC(F)(F)c1nnc2ccc(NC(c3ccccc3)C3CCCC3)nn12. The van der Waals surface area contributed by atoms with Crippen molar-refractivity contribution in [1.29, 1.82) is 0 Å². The Bertz CT molecular complexity index is 885. The molecule has 136 valence electrons. The molecular weight excluding hydrogens is 343 g/mol. The third kappa shape index (κ3) is 3.23. The van der Waals surface area contributed by atoms with Gasteiger partial charge in [0, 0.05) is 0 Å². The maximum atomic E-state index is 13.1. The Balaban J connectivity index is 1.69. The van der Waals surface area contributed by atoms with Gasteiger partial charge in [-0.3, -0.25) is 0 Å². The highest BCUT2D eigenvalue weighted by Gasteiger charge is 2.37. The van der Waals surface area contributed by atoms with E-state index >= 15 is 0 Å². The first-order valence-electron chi connectivity index (χ1n) is 8.63. The van der Waals surface area contributed by atoms with E-state index in [9.17, 15) is 13.2 Å². The lowest BCUT2D eigenvalue weighted by atomic mass is 9.91. The maximum absolute atomic E-state index is 13.1. The number of nitrogens with zero attached hydrogens (tertiary/aromatic N) is 4. The Morgan fingerprint density at radius 2 is 1.73 bits per heavy atom. The standard InChI is InChI=1S/C18H18F3N5/c19-18(20,21)17-24-23-15-11-10-14(25-26(15)17)22-16(13-8-4-5-9-13)12-6-2-1-3-7-12/h1-3,6-7,10-11,13,16H,4-5,8-9H2,(H,22,25). The maximum Gasteiger partial charge on any atom is 0.453 e. The molecule has 5 nitrogen and oxygen atoms in total. The zero-order valence-electron chi connectivity index (χ0n) is 13.9. The van der Waals surface area contributed by atoms with Crippen molar-refractivity contribution < 1.29 is 13.2 Å². The minimum absolute atomic E-state index is 0.00877. The van der Waals surface area contributed by atoms with Crippen molar-refractivity contribution in [2.24, 2.45) is 5.92 Å². The molecule has 0 aliphatic heterocycles. The Morgan fingerprint density at radius 1 is 1.00 bits per heavy atom. The van der Waals surface area contributed by atoms with Crippen molar-refractivity contribution >= 4 is 11.5 Å². The van der Waals surface area contributed by atoms with E-state index in [1.807, 2.05) is 30.3 Å². The van der Waals surface area contributed by atoms with Crippen LogP contribution in [0.2, 0.25) is 0 Å². The molecule has 1 unspecified atom stereocenters. The van der Waals surface area contributed by atoms with E-state index in [1.54, 1.807) is 6.07 Å². The van der Waals surface area contributed by atoms with Crippen LogP contribution in [0.15, 0.2) is 42.5 Å². The molecule has 0 radical (unpaired) electrons. The number of halogens is 3. The number of anilines is 1. The smallest absolute Gasteiger partial charge is 0.362 e. The summed E-state index contributed by atoms with van der Waals surface area (Å²) in [5, 5.41) is 14.2. The lowest BCUT2D eigenvalue weighted by Crippen LogP contribution is -2.20. The first kappa shape index (κ1) is 16.8. The Kier molecular flexibility index (Phi) is 4.26. The number of alkyl halides is 3. The second-order valence-corrected chi connectivity index (χ2v) is 6.59. The van der Waals surface area contributed by atoms with Gasteiger partial charge in [-0.1, -0.05) is 43.2 Å². The van der Waals surface area contributed by atoms with Gasteiger partial charge in [0.15, 0.2) is 5.65 Å². The van der Waals surface area contributed by atoms with Crippen molar-refractivity contribution in [3.63, 3.8) is 0 Å². The van der Waals surface area contributed by atoms with Crippen LogP contribution >= 0.6 is 0 Å². The zero-order valence-corrected chi connectivity index (χ0v) is 13.9. The second kappa shape index (κ2) is 6.59. The van der Waals surface area contributed by atoms with E-state index in [0.717, 1.165) is 22.9 Å². The van der Waals surface area contributed by atoms with Gasteiger partial charge in [-0.2, -0.15) is 17.7 Å². The van der Waals surface area contributed by atoms with Crippen LogP contribution in [-0.4, -0.2) is 19.8 Å². The molecule has 0 bridgehead atoms. The molecule has 0 saturated heterocycles. The number of hydrogen-bond acceptors (Lipinski definition) is 4. The van der Waals surface area contributed by atoms with Gasteiger partial charge >= 0.3 is 6.18 Å². The lowest BCUT2D eigenvalue weighted by molar-refractivity contribution is -0.146. The van der Waals surface area contributed by atoms with Crippen molar-refractivity contribution in [1.82, 2.24) is 19.8 Å². The summed E-state index contributed by atoms with van der Waals surface area (Å²) in [6, 6.07) is 13.1. The van der Waals surface area contributed by atoms with Gasteiger partial charge in [-0.05, 0) is 36.5 Å². The Labute approximate surface area is 148 Å². The Morgan fingerprint density at radius 3 is 2.42 bits per heavy atom. The van der Waals surface area contributed by atoms with Crippen LogP contribution in [0, 0.1) is 5.92 Å². The molecule has 0 amide bonds. The van der Waals surface area contributed by atoms with Crippen LogP contribution in [0.25, 0.3) is 5.65 Å². The van der Waals surface area contributed by atoms with Crippen LogP contribution < -0.4 is 5.32 Å². The van der Waals surface area contributed by atoms with Crippen LogP contribution in [-0.2, 0) is 6.18 Å². The highest BCUT2D eigenvalue weighted by Crippen LogP contribution is 2.37. The monoisotopic (exact) mass is 361 g/mol. The van der Waals surface area contributed by atoms with Crippen molar-refractivity contribution in [3.05, 3.63) is 53.9 Å². The summed E-state index contributed by atoms with van der Waals surface area (Å²) < 4.78 is 40.0. The minimum Gasteiger partial charge on any atom is -0.362 e. The van der Waals surface area contributed by atoms with Gasteiger partial charge in [-0.25, -0.2) is 0 Å². The number of nitrogens with one attached hydrogen (secondary N) is 1. The van der Waals surface area contributed by atoms with Crippen molar-refractivity contribution in [2.45, 2.75) is 37.9 Å². The molecule has 1 aliphatic rings. The number of benzene rings is 1. The average molecular weight is 361 g/mol. The topological polar surface area (TPSA) is 55.1 Å². The van der Waals surface area contributed by atoms with Gasteiger partial charge in [-0.15, -0.1) is 15.3 Å². The third-order valence-electron chi connectivity index (χ3n) is 4.85. The number of rotatable bonds is 4. The molecule has 4 rings (SSSR count). The van der Waals surface area contributed by atoms with Gasteiger partial charge in [0.1, 0.15) is 5.82 Å². The van der Waals surface area contributed by atoms with Crippen LogP contribution in [0.4, 0.5) is 19.0 Å². The molecule has 1 N–H and O–H groups in total. The molecule has 0 spiro atoms. The largest absolute Gasteiger partial charge is 0.453 e. The van der Waals surface area contributed by atoms with Crippen molar-refractivity contribution in [2.75, 3.05) is 5.32 Å². The molecule has 8 heteroatoms. The molecule has 1 aromatic carbocycles. The van der Waals surface area contributed by atoms with Crippen LogP contribution in [0.3, 0.4) is 0 Å². The van der Waals surface area contributed by atoms with Crippen LogP contribution in [0.1, 0.15) is 43.1 Å². The minimum atomic E-state index is -4.60. The molecule has 1 fully saturated rings. The number of hydrogen-bond donors (Lipinski definition) is 1. The van der Waals surface area contributed by atoms with E-state index in [4.69, 9.17) is 0 Å². The second-order valence-electron chi connectivity index (χ2n) is 6.59. The fraction of sp³-hybridized carbons (Fsp3) is 0.389. The summed E-state index contributed by atoms with van der Waals surface area (Å²) in [5.74, 6) is -0.310. The first-order valence-corrected chi connectivity index (χ1v) is 8.63. The van der Waals surface area contributed by atoms with Gasteiger partial charge in [0.2, 0.25) is 0 Å². The summed E-state index contributed by atoms with van der Waals surface area (Å²) in [7, 11) is 0.